The fourth-order valence-corrected chi connectivity index (χ4v) is 3.94. The van der Waals surface area contributed by atoms with Gasteiger partial charge in [-0.05, 0) is 59.9 Å². The van der Waals surface area contributed by atoms with Gasteiger partial charge in [-0.15, -0.1) is 0 Å². The lowest BCUT2D eigenvalue weighted by Crippen LogP contribution is -2.38. The van der Waals surface area contributed by atoms with Crippen LogP contribution in [0, 0.1) is 0 Å². The van der Waals surface area contributed by atoms with E-state index in [0.717, 1.165) is 11.6 Å². The van der Waals surface area contributed by atoms with Crippen molar-refractivity contribution in [2.75, 3.05) is 14.2 Å². The molecule has 10 heteroatoms. The van der Waals surface area contributed by atoms with E-state index in [1.807, 2.05) is 6.07 Å². The summed E-state index contributed by atoms with van der Waals surface area (Å²) in [5.41, 5.74) is 1.19. The molecule has 0 radical (unpaired) electrons. The Labute approximate surface area is 211 Å². The SMILES string of the molecule is CNC(=O)C(N[C@@H](CCc1ccc(C(F)(F)F)nc1)c1ccc(Cl)c(OC)c1)c1ccc(Cl)cc1. The van der Waals surface area contributed by atoms with Crippen molar-refractivity contribution in [1.82, 2.24) is 15.6 Å². The van der Waals surface area contributed by atoms with Crippen molar-refractivity contribution in [2.24, 2.45) is 0 Å². The maximum atomic E-state index is 12.9. The first-order chi connectivity index (χ1) is 16.6. The number of alkyl halides is 3. The average molecular weight is 526 g/mol. The third-order valence-electron chi connectivity index (χ3n) is 5.49. The normalized spacial score (nSPS) is 13.2. The summed E-state index contributed by atoms with van der Waals surface area (Å²) in [7, 11) is 3.05. The largest absolute Gasteiger partial charge is 0.495 e. The number of ether oxygens (including phenoxy) is 1. The number of aryl methyl sites for hydroxylation is 1. The Hall–Kier alpha value is -2.81. The van der Waals surface area contributed by atoms with Crippen molar-refractivity contribution in [3.8, 4) is 5.75 Å². The van der Waals surface area contributed by atoms with Crippen LogP contribution in [0.1, 0.15) is 40.9 Å². The van der Waals surface area contributed by atoms with Crippen molar-refractivity contribution < 1.29 is 22.7 Å². The molecule has 1 aromatic heterocycles. The molecular formula is C25H24Cl2F3N3O2. The van der Waals surface area contributed by atoms with Crippen LogP contribution in [0.25, 0.3) is 0 Å². The van der Waals surface area contributed by atoms with E-state index in [1.165, 1.54) is 19.4 Å². The predicted octanol–water partition coefficient (Wildman–Crippen LogP) is 6.17. The number of pyridine rings is 1. The van der Waals surface area contributed by atoms with E-state index in [0.29, 0.717) is 39.8 Å². The van der Waals surface area contributed by atoms with Crippen LogP contribution in [0.4, 0.5) is 13.2 Å². The van der Waals surface area contributed by atoms with Crippen molar-refractivity contribution in [3.63, 3.8) is 0 Å². The van der Waals surface area contributed by atoms with Gasteiger partial charge < -0.3 is 10.1 Å². The molecule has 3 rings (SSSR count). The van der Waals surface area contributed by atoms with Gasteiger partial charge in [0.1, 0.15) is 17.5 Å². The van der Waals surface area contributed by atoms with Gasteiger partial charge in [0.25, 0.3) is 0 Å². The van der Waals surface area contributed by atoms with E-state index < -0.39 is 17.9 Å². The van der Waals surface area contributed by atoms with E-state index in [9.17, 15) is 18.0 Å². The second-order valence-corrected chi connectivity index (χ2v) is 8.64. The smallest absolute Gasteiger partial charge is 0.433 e. The molecule has 0 saturated heterocycles. The zero-order chi connectivity index (χ0) is 25.6. The number of aromatic nitrogens is 1. The van der Waals surface area contributed by atoms with Gasteiger partial charge in [0.15, 0.2) is 0 Å². The molecule has 186 valence electrons. The lowest BCUT2D eigenvalue weighted by atomic mass is 9.96. The van der Waals surface area contributed by atoms with Gasteiger partial charge in [0.2, 0.25) is 5.91 Å². The highest BCUT2D eigenvalue weighted by Crippen LogP contribution is 2.32. The van der Waals surface area contributed by atoms with E-state index in [2.05, 4.69) is 15.6 Å². The molecule has 2 atom stereocenters. The number of carbonyl (C=O) groups excluding carboxylic acids is 1. The molecule has 2 aromatic carbocycles. The molecule has 0 spiro atoms. The Kier molecular flexibility index (Phi) is 8.99. The van der Waals surface area contributed by atoms with E-state index in [-0.39, 0.29) is 11.9 Å². The van der Waals surface area contributed by atoms with Gasteiger partial charge in [0, 0.05) is 24.3 Å². The van der Waals surface area contributed by atoms with E-state index in [4.69, 9.17) is 27.9 Å². The molecule has 35 heavy (non-hydrogen) atoms. The van der Waals surface area contributed by atoms with Crippen LogP contribution >= 0.6 is 23.2 Å². The standard InChI is InChI=1S/C25H24Cl2F3N3O2/c1-31-24(34)23(16-5-8-18(26)9-6-16)33-20(17-7-10-19(27)21(13-17)35-2)11-3-15-4-12-22(32-14-15)25(28,29)30/h4-10,12-14,20,23,33H,3,11H2,1-2H3,(H,31,34)/t20-,23?/m0/s1. The minimum atomic E-state index is -4.50. The number of halogens is 5. The molecule has 0 bridgehead atoms. The Bertz CT molecular complexity index is 1140. The molecule has 0 aliphatic heterocycles. The van der Waals surface area contributed by atoms with E-state index in [1.54, 1.807) is 43.4 Å². The van der Waals surface area contributed by atoms with Crippen LogP contribution in [-0.2, 0) is 17.4 Å². The molecule has 1 unspecified atom stereocenters. The number of likely N-dealkylation sites (N-methyl/N-ethyl adjacent to an activating group) is 1. The molecule has 0 fully saturated rings. The highest BCUT2D eigenvalue weighted by atomic mass is 35.5. The summed E-state index contributed by atoms with van der Waals surface area (Å²) in [6.07, 6.45) is -2.41. The summed E-state index contributed by atoms with van der Waals surface area (Å²) in [5, 5.41) is 7.02. The highest BCUT2D eigenvalue weighted by Gasteiger charge is 2.32. The number of amides is 1. The zero-order valence-electron chi connectivity index (χ0n) is 19.0. The van der Waals surface area contributed by atoms with Crippen LogP contribution in [0.15, 0.2) is 60.8 Å². The summed E-state index contributed by atoms with van der Waals surface area (Å²) in [6, 6.07) is 13.5. The van der Waals surface area contributed by atoms with Gasteiger partial charge in [-0.1, -0.05) is 47.5 Å². The molecule has 0 aliphatic carbocycles. The molecule has 0 saturated carbocycles. The first-order valence-corrected chi connectivity index (χ1v) is 11.5. The fraction of sp³-hybridized carbons (Fsp3) is 0.280. The third-order valence-corrected chi connectivity index (χ3v) is 6.06. The summed E-state index contributed by atoms with van der Waals surface area (Å²) in [4.78, 5) is 16.3. The van der Waals surface area contributed by atoms with Crippen molar-refractivity contribution in [2.45, 2.75) is 31.1 Å². The number of hydrogen-bond acceptors (Lipinski definition) is 4. The molecule has 1 heterocycles. The number of carbonyl (C=O) groups is 1. The highest BCUT2D eigenvalue weighted by molar-refractivity contribution is 6.32. The zero-order valence-corrected chi connectivity index (χ0v) is 20.5. The molecule has 3 aromatic rings. The van der Waals surface area contributed by atoms with Crippen molar-refractivity contribution in [3.05, 3.63) is 93.2 Å². The predicted molar refractivity (Wildman–Crippen MR) is 130 cm³/mol. The van der Waals surface area contributed by atoms with Gasteiger partial charge in [-0.3, -0.25) is 15.1 Å². The molecular weight excluding hydrogens is 502 g/mol. The average Bonchev–Trinajstić information content (AvgIpc) is 2.84. The minimum Gasteiger partial charge on any atom is -0.495 e. The summed E-state index contributed by atoms with van der Waals surface area (Å²) >= 11 is 12.2. The molecule has 2 N–H and O–H groups in total. The lowest BCUT2D eigenvalue weighted by molar-refractivity contribution is -0.141. The second-order valence-electron chi connectivity index (χ2n) is 7.80. The Balaban J connectivity index is 1.91. The summed E-state index contributed by atoms with van der Waals surface area (Å²) in [6.45, 7) is 0. The number of benzene rings is 2. The Morgan fingerprint density at radius 1 is 1.06 bits per heavy atom. The maximum Gasteiger partial charge on any atom is 0.433 e. The number of methoxy groups -OCH3 is 1. The summed E-state index contributed by atoms with van der Waals surface area (Å²) < 4.78 is 43.9. The quantitative estimate of drug-likeness (QED) is 0.350. The first kappa shape index (κ1) is 26.8. The van der Waals surface area contributed by atoms with E-state index >= 15 is 0 Å². The number of hydrogen-bond donors (Lipinski definition) is 2. The van der Waals surface area contributed by atoms with Crippen molar-refractivity contribution >= 4 is 29.1 Å². The van der Waals surface area contributed by atoms with Crippen LogP contribution < -0.4 is 15.4 Å². The molecule has 0 aliphatic rings. The summed E-state index contributed by atoms with van der Waals surface area (Å²) in [5.74, 6) is 0.213. The topological polar surface area (TPSA) is 63.2 Å². The van der Waals surface area contributed by atoms with Gasteiger partial charge in [-0.2, -0.15) is 13.2 Å². The van der Waals surface area contributed by atoms with Crippen LogP contribution in [0.5, 0.6) is 5.75 Å². The van der Waals surface area contributed by atoms with Crippen molar-refractivity contribution in [1.29, 1.82) is 0 Å². The number of nitrogens with zero attached hydrogens (tertiary/aromatic N) is 1. The van der Waals surface area contributed by atoms with Gasteiger partial charge >= 0.3 is 6.18 Å². The fourth-order valence-electron chi connectivity index (χ4n) is 3.61. The third kappa shape index (κ3) is 7.10. The van der Waals surface area contributed by atoms with Crippen LogP contribution in [0.2, 0.25) is 10.0 Å². The maximum absolute atomic E-state index is 12.9. The monoisotopic (exact) mass is 525 g/mol. The Morgan fingerprint density at radius 3 is 2.31 bits per heavy atom. The van der Waals surface area contributed by atoms with Gasteiger partial charge in [-0.25, -0.2) is 0 Å². The van der Waals surface area contributed by atoms with Crippen LogP contribution in [-0.4, -0.2) is 25.0 Å². The minimum absolute atomic E-state index is 0.255. The first-order valence-electron chi connectivity index (χ1n) is 10.7. The number of rotatable bonds is 9. The molecule has 1 amide bonds. The molecule has 5 nitrogen and oxygen atoms in total. The lowest BCUT2D eigenvalue weighted by Gasteiger charge is -2.26. The Morgan fingerprint density at radius 2 is 1.74 bits per heavy atom. The van der Waals surface area contributed by atoms with Crippen LogP contribution in [0.3, 0.4) is 0 Å². The second kappa shape index (κ2) is 11.7. The van der Waals surface area contributed by atoms with Gasteiger partial charge in [0.05, 0.1) is 12.1 Å². The number of nitrogens with one attached hydrogen (secondary N) is 2.